The molecule has 0 aromatic heterocycles. The molecule has 13 heteroatoms. The lowest BCUT2D eigenvalue weighted by molar-refractivity contribution is -0.342. The molecular formula is C41H64O13. The van der Waals surface area contributed by atoms with E-state index in [4.69, 9.17) is 18.9 Å². The van der Waals surface area contributed by atoms with Gasteiger partial charge < -0.3 is 54.7 Å². The third-order valence-electron chi connectivity index (χ3n) is 16.9. The second-order valence-corrected chi connectivity index (χ2v) is 20.2. The average Bonchev–Trinajstić information content (AvgIpc) is 3.36. The van der Waals surface area contributed by atoms with Gasteiger partial charge in [-0.25, -0.2) is 4.79 Å². The zero-order valence-electron chi connectivity index (χ0n) is 32.9. The van der Waals surface area contributed by atoms with Crippen LogP contribution >= 0.6 is 0 Å². The van der Waals surface area contributed by atoms with E-state index in [2.05, 4.69) is 54.5 Å². The van der Waals surface area contributed by atoms with Gasteiger partial charge in [0.1, 0.15) is 36.6 Å². The van der Waals surface area contributed by atoms with Crippen molar-refractivity contribution in [3.8, 4) is 0 Å². The number of rotatable bonds is 7. The fourth-order valence-corrected chi connectivity index (χ4v) is 13.4. The maximum absolute atomic E-state index is 13.0. The second kappa shape index (κ2) is 13.4. The minimum absolute atomic E-state index is 0.0291. The van der Waals surface area contributed by atoms with Gasteiger partial charge in [-0.05, 0) is 109 Å². The Morgan fingerprint density at radius 3 is 2.06 bits per heavy atom. The first-order valence-electron chi connectivity index (χ1n) is 20.2. The summed E-state index contributed by atoms with van der Waals surface area (Å²) in [4.78, 5) is 25.4. The lowest BCUT2D eigenvalue weighted by atomic mass is 9.33. The number of hydrogen-bond acceptors (Lipinski definition) is 11. The van der Waals surface area contributed by atoms with E-state index in [0.717, 1.165) is 51.4 Å². The SMILES string of the molecule is CC1(C)CC[C@]2(C(=O)O)CC[C@]3(C)C(=CC[C@@H]4[C@@]5(C)CC[C@@H](O[C@@H]6O[C@H](C(=O)O)[C@@H](O[C@@H]7O[C@@H](CO)[C@H](O)[C@H]7O)[C@H](O)[C@H]6O)C(C)(C)[C@H]5CC[C@]43C)[C@H]2C1. The van der Waals surface area contributed by atoms with Crippen LogP contribution in [0.3, 0.4) is 0 Å². The van der Waals surface area contributed by atoms with Crippen LogP contribution in [-0.2, 0) is 28.5 Å². The van der Waals surface area contributed by atoms with Crippen molar-refractivity contribution in [2.24, 2.45) is 50.2 Å². The van der Waals surface area contributed by atoms with Crippen molar-refractivity contribution in [3.05, 3.63) is 11.6 Å². The number of carbonyl (C=O) groups is 2. The predicted octanol–water partition coefficient (Wildman–Crippen LogP) is 3.61. The lowest BCUT2D eigenvalue weighted by Crippen LogP contribution is -2.66. The molecule has 0 amide bonds. The summed E-state index contributed by atoms with van der Waals surface area (Å²) in [6.45, 7) is 15.6. The van der Waals surface area contributed by atoms with Crippen LogP contribution in [0, 0.1) is 50.2 Å². The van der Waals surface area contributed by atoms with E-state index in [1.165, 1.54) is 5.57 Å². The number of aliphatic hydroxyl groups excluding tert-OH is 5. The summed E-state index contributed by atoms with van der Waals surface area (Å²) in [5, 5.41) is 73.2. The molecule has 0 spiro atoms. The fourth-order valence-electron chi connectivity index (χ4n) is 13.4. The molecule has 2 aliphatic heterocycles. The Morgan fingerprint density at radius 2 is 1.43 bits per heavy atom. The van der Waals surface area contributed by atoms with Gasteiger partial charge in [0.2, 0.25) is 0 Å². The third kappa shape index (κ3) is 5.80. The van der Waals surface area contributed by atoms with Gasteiger partial charge in [0.15, 0.2) is 18.7 Å². The summed E-state index contributed by atoms with van der Waals surface area (Å²) in [6.07, 6.45) is -3.88. The molecular weight excluding hydrogens is 700 g/mol. The molecule has 17 atom stereocenters. The third-order valence-corrected chi connectivity index (χ3v) is 16.9. The number of ether oxygens (including phenoxy) is 4. The first-order valence-corrected chi connectivity index (χ1v) is 20.2. The Kier molecular flexibility index (Phi) is 10.1. The summed E-state index contributed by atoms with van der Waals surface area (Å²) < 4.78 is 23.3. The second-order valence-electron chi connectivity index (χ2n) is 20.2. The molecule has 4 saturated carbocycles. The molecule has 7 rings (SSSR count). The molecule has 13 nitrogen and oxygen atoms in total. The Hall–Kier alpha value is -1.68. The fraction of sp³-hybridized carbons (Fsp3) is 0.902. The molecule has 7 aliphatic rings. The van der Waals surface area contributed by atoms with Crippen LogP contribution in [0.5, 0.6) is 0 Å². The number of fused-ring (bicyclic) bond motifs is 7. The molecule has 0 unspecified atom stereocenters. The van der Waals surface area contributed by atoms with Crippen molar-refractivity contribution in [2.75, 3.05) is 6.61 Å². The van der Waals surface area contributed by atoms with Gasteiger partial charge in [-0.15, -0.1) is 0 Å². The summed E-state index contributed by atoms with van der Waals surface area (Å²) in [6, 6.07) is 0. The molecule has 5 aliphatic carbocycles. The van der Waals surface area contributed by atoms with E-state index in [0.29, 0.717) is 18.8 Å². The van der Waals surface area contributed by atoms with E-state index in [9.17, 15) is 45.3 Å². The zero-order valence-corrected chi connectivity index (χ0v) is 32.9. The Labute approximate surface area is 318 Å². The highest BCUT2D eigenvalue weighted by Gasteiger charge is 2.69. The standard InChI is InChI=1S/C41H64O13/c1-36(2)14-16-41(35(49)50)17-15-39(6)20(21(41)18-36)8-9-24-38(5)12-11-25(37(3,4)23(38)10-13-40(24,39)7)52-34-29(46)27(44)30(31(54-34)32(47)48)53-33-28(45)26(43)22(19-42)51-33/h8,21-31,33-34,42-46H,9-19H2,1-7H3,(H,47,48)(H,49,50)/t21-,22+,23-,24-,25-,26+,27-,28-,29-,30+,31+,33+,34-,38+,39-,40-,41+/m1/s1. The van der Waals surface area contributed by atoms with Crippen molar-refractivity contribution >= 4 is 11.9 Å². The van der Waals surface area contributed by atoms with Gasteiger partial charge in [-0.2, -0.15) is 0 Å². The lowest BCUT2D eigenvalue weighted by Gasteiger charge is -2.71. The van der Waals surface area contributed by atoms with Crippen LogP contribution in [0.15, 0.2) is 11.6 Å². The Bertz CT molecular complexity index is 1510. The smallest absolute Gasteiger partial charge is 0.335 e. The molecule has 7 N–H and O–H groups in total. The van der Waals surface area contributed by atoms with Gasteiger partial charge in [0.25, 0.3) is 0 Å². The average molecular weight is 765 g/mol. The largest absolute Gasteiger partial charge is 0.481 e. The molecule has 2 heterocycles. The summed E-state index contributed by atoms with van der Waals surface area (Å²) in [5.41, 5.74) is 0.157. The number of carboxylic acids is 2. The first-order chi connectivity index (χ1) is 25.1. The van der Waals surface area contributed by atoms with Crippen molar-refractivity contribution in [3.63, 3.8) is 0 Å². The molecule has 54 heavy (non-hydrogen) atoms. The highest BCUT2D eigenvalue weighted by atomic mass is 16.7. The van der Waals surface area contributed by atoms with Gasteiger partial charge >= 0.3 is 11.9 Å². The van der Waals surface area contributed by atoms with E-state index in [1.807, 2.05) is 0 Å². The molecule has 6 fully saturated rings. The minimum Gasteiger partial charge on any atom is -0.481 e. The van der Waals surface area contributed by atoms with Gasteiger partial charge in [-0.1, -0.05) is 60.1 Å². The van der Waals surface area contributed by atoms with Crippen molar-refractivity contribution in [2.45, 2.75) is 174 Å². The first kappa shape index (κ1) is 40.5. The summed E-state index contributed by atoms with van der Waals surface area (Å²) >= 11 is 0. The zero-order chi connectivity index (χ0) is 39.6. The summed E-state index contributed by atoms with van der Waals surface area (Å²) in [7, 11) is 0. The number of aliphatic hydroxyl groups is 5. The maximum Gasteiger partial charge on any atom is 0.335 e. The number of allylic oxidation sites excluding steroid dienone is 2. The quantitative estimate of drug-likeness (QED) is 0.146. The number of carboxylic acid groups (broad SMARTS) is 2. The number of hydrogen-bond donors (Lipinski definition) is 7. The van der Waals surface area contributed by atoms with E-state index < -0.39 is 90.8 Å². The molecule has 0 bridgehead atoms. The minimum atomic E-state index is -1.80. The Morgan fingerprint density at radius 1 is 0.778 bits per heavy atom. The molecule has 0 aromatic carbocycles. The van der Waals surface area contributed by atoms with Gasteiger partial charge in [0, 0.05) is 0 Å². The summed E-state index contributed by atoms with van der Waals surface area (Å²) in [5.74, 6) is -1.50. The van der Waals surface area contributed by atoms with Crippen LogP contribution in [0.4, 0.5) is 0 Å². The van der Waals surface area contributed by atoms with Crippen LogP contribution in [-0.4, -0.2) is 116 Å². The highest BCUT2D eigenvalue weighted by molar-refractivity contribution is 5.76. The van der Waals surface area contributed by atoms with E-state index >= 15 is 0 Å². The Balaban J connectivity index is 1.10. The molecule has 306 valence electrons. The topological polar surface area (TPSA) is 213 Å². The monoisotopic (exact) mass is 764 g/mol. The highest BCUT2D eigenvalue weighted by Crippen LogP contribution is 2.76. The van der Waals surface area contributed by atoms with Crippen LogP contribution in [0.25, 0.3) is 0 Å². The van der Waals surface area contributed by atoms with Crippen LogP contribution < -0.4 is 0 Å². The number of aliphatic carboxylic acids is 2. The van der Waals surface area contributed by atoms with Gasteiger partial charge in [-0.3, -0.25) is 4.79 Å². The van der Waals surface area contributed by atoms with Crippen molar-refractivity contribution < 1.29 is 64.3 Å². The molecule has 0 aromatic rings. The van der Waals surface area contributed by atoms with Crippen molar-refractivity contribution in [1.82, 2.24) is 0 Å². The maximum atomic E-state index is 13.0. The predicted molar refractivity (Wildman–Crippen MR) is 192 cm³/mol. The van der Waals surface area contributed by atoms with Crippen molar-refractivity contribution in [1.29, 1.82) is 0 Å². The van der Waals surface area contributed by atoms with E-state index in [-0.39, 0.29) is 33.5 Å². The molecule has 2 saturated heterocycles. The van der Waals surface area contributed by atoms with Gasteiger partial charge in [0.05, 0.1) is 18.1 Å². The van der Waals surface area contributed by atoms with Crippen LogP contribution in [0.1, 0.15) is 113 Å². The molecule has 0 radical (unpaired) electrons. The van der Waals surface area contributed by atoms with E-state index in [1.54, 1.807) is 0 Å². The normalized spacial score (nSPS) is 52.2. The van der Waals surface area contributed by atoms with Crippen LogP contribution in [0.2, 0.25) is 0 Å².